The van der Waals surface area contributed by atoms with Crippen molar-refractivity contribution in [1.29, 1.82) is 0 Å². The van der Waals surface area contributed by atoms with Crippen LogP contribution < -0.4 is 8.61 Å². The van der Waals surface area contributed by atoms with Crippen molar-refractivity contribution >= 4 is 27.3 Å². The molecule has 2 saturated heterocycles. The second-order valence-corrected chi connectivity index (χ2v) is 16.5. The average Bonchev–Trinajstić information content (AvgIpc) is 3.47. The topological polar surface area (TPSA) is 89.4 Å². The number of likely N-dealkylation sites (tertiary alicyclic amines) is 2. The van der Waals surface area contributed by atoms with Crippen LogP contribution >= 0.6 is 0 Å². The molecule has 12 heteroatoms. The molecule has 1 amide bonds. The molecule has 9 nitrogen and oxygen atoms in total. The molecule has 1 N–H and O–H groups in total. The van der Waals surface area contributed by atoms with E-state index >= 15 is 4.21 Å². The molecule has 1 aromatic carbocycles. The summed E-state index contributed by atoms with van der Waals surface area (Å²) in [5.41, 5.74) is 1.13. The number of amides is 1. The number of carbonyl (C=O) groups is 1. The number of hydrogen-bond donors (Lipinski definition) is 1. The zero-order chi connectivity index (χ0) is 30.3. The van der Waals surface area contributed by atoms with Crippen LogP contribution in [0.5, 0.6) is 0 Å². The molecule has 6 rings (SSSR count). The minimum Gasteiger partial charge on any atom is -0.444 e. The van der Waals surface area contributed by atoms with Crippen molar-refractivity contribution in [2.45, 2.75) is 81.9 Å². The number of aromatic nitrogens is 1. The third kappa shape index (κ3) is 4.57. The van der Waals surface area contributed by atoms with Gasteiger partial charge in [-0.3, -0.25) is 13.8 Å². The Bertz CT molecular complexity index is 1490. The first-order chi connectivity index (χ1) is 19.5. The van der Waals surface area contributed by atoms with Crippen LogP contribution in [0.3, 0.4) is 0 Å². The summed E-state index contributed by atoms with van der Waals surface area (Å²) in [5.74, 6) is -3.54. The molecule has 0 radical (unpaired) electrons. The zero-order valence-corrected chi connectivity index (χ0v) is 25.8. The second kappa shape index (κ2) is 9.33. The first kappa shape index (κ1) is 29.3. The van der Waals surface area contributed by atoms with E-state index in [9.17, 15) is 18.1 Å². The van der Waals surface area contributed by atoms with Crippen molar-refractivity contribution in [3.05, 3.63) is 47.7 Å². The van der Waals surface area contributed by atoms with E-state index in [1.165, 1.54) is 21.9 Å². The van der Waals surface area contributed by atoms with Gasteiger partial charge >= 0.3 is 6.09 Å². The highest BCUT2D eigenvalue weighted by molar-refractivity contribution is 8.17. The SMILES string of the molecule is Cc1ccc(CN2CCC3(CC2)CCN3C(=O)OC(C)(C)C)cc1S1(=O)(O)N(C)c2ncccc2N1CC1CC1(F)F. The predicted octanol–water partition coefficient (Wildman–Crippen LogP) is 5.46. The minimum atomic E-state index is -5.02. The van der Waals surface area contributed by atoms with E-state index in [0.29, 0.717) is 30.2 Å². The summed E-state index contributed by atoms with van der Waals surface area (Å²) >= 11 is 0. The van der Waals surface area contributed by atoms with E-state index in [1.54, 1.807) is 25.1 Å². The molecule has 3 fully saturated rings. The molecule has 1 spiro atoms. The highest BCUT2D eigenvalue weighted by atomic mass is 32.3. The van der Waals surface area contributed by atoms with Gasteiger partial charge < -0.3 is 9.64 Å². The van der Waals surface area contributed by atoms with E-state index in [4.69, 9.17) is 4.74 Å². The molecule has 1 saturated carbocycles. The van der Waals surface area contributed by atoms with Crippen molar-refractivity contribution in [1.82, 2.24) is 14.8 Å². The molecule has 1 atom stereocenters. The second-order valence-electron chi connectivity index (χ2n) is 13.4. The van der Waals surface area contributed by atoms with Crippen molar-refractivity contribution < 1.29 is 27.1 Å². The smallest absolute Gasteiger partial charge is 0.410 e. The largest absolute Gasteiger partial charge is 0.444 e. The summed E-state index contributed by atoms with van der Waals surface area (Å²) in [4.78, 5) is 21.5. The highest BCUT2D eigenvalue weighted by Crippen LogP contribution is 2.57. The lowest BCUT2D eigenvalue weighted by Gasteiger charge is -2.56. The number of benzene rings is 1. The molecule has 0 bridgehead atoms. The maximum absolute atomic E-state index is 15.1. The number of aryl methyl sites for hydroxylation is 1. The molecule has 1 unspecified atom stereocenters. The molecule has 1 aliphatic carbocycles. The normalized spacial score (nSPS) is 26.2. The van der Waals surface area contributed by atoms with Crippen LogP contribution in [-0.4, -0.2) is 79.9 Å². The molecule has 42 heavy (non-hydrogen) atoms. The van der Waals surface area contributed by atoms with E-state index < -0.39 is 27.2 Å². The number of fused-ring (bicyclic) bond motifs is 1. The first-order valence-corrected chi connectivity index (χ1v) is 16.5. The van der Waals surface area contributed by atoms with Crippen molar-refractivity contribution in [2.75, 3.05) is 41.8 Å². The summed E-state index contributed by atoms with van der Waals surface area (Å²) in [6.45, 7) is 9.97. The van der Waals surface area contributed by atoms with Crippen LogP contribution in [0.15, 0.2) is 41.4 Å². The number of pyridine rings is 1. The average molecular weight is 606 g/mol. The number of halogens is 2. The van der Waals surface area contributed by atoms with Gasteiger partial charge in [0.15, 0.2) is 5.82 Å². The van der Waals surface area contributed by atoms with Crippen LogP contribution in [0.4, 0.5) is 25.1 Å². The third-order valence-electron chi connectivity index (χ3n) is 9.38. The van der Waals surface area contributed by atoms with Crippen LogP contribution in [-0.2, 0) is 21.0 Å². The van der Waals surface area contributed by atoms with Crippen LogP contribution in [0.1, 0.15) is 57.6 Å². The summed E-state index contributed by atoms with van der Waals surface area (Å²) in [6.07, 6.45) is 3.60. The summed E-state index contributed by atoms with van der Waals surface area (Å²) in [6, 6.07) is 8.86. The van der Waals surface area contributed by atoms with Crippen molar-refractivity contribution in [3.63, 3.8) is 0 Å². The van der Waals surface area contributed by atoms with E-state index in [2.05, 4.69) is 9.88 Å². The zero-order valence-electron chi connectivity index (χ0n) is 25.0. The van der Waals surface area contributed by atoms with Gasteiger partial charge in [-0.2, -0.15) is 4.21 Å². The van der Waals surface area contributed by atoms with Gasteiger partial charge in [0.2, 0.25) is 0 Å². The lowest BCUT2D eigenvalue weighted by molar-refractivity contribution is -0.0700. The summed E-state index contributed by atoms with van der Waals surface area (Å²) < 4.78 is 63.8. The van der Waals surface area contributed by atoms with Gasteiger partial charge in [0.25, 0.3) is 5.92 Å². The summed E-state index contributed by atoms with van der Waals surface area (Å²) in [7, 11) is -3.51. The molecule has 4 aliphatic rings. The number of nitrogens with zero attached hydrogens (tertiary/aromatic N) is 5. The third-order valence-corrected chi connectivity index (χ3v) is 12.9. The van der Waals surface area contributed by atoms with E-state index in [0.717, 1.165) is 37.9 Å². The fourth-order valence-electron chi connectivity index (χ4n) is 6.65. The Morgan fingerprint density at radius 1 is 1.17 bits per heavy atom. The quantitative estimate of drug-likeness (QED) is 0.487. The number of ether oxygens (including phenoxy) is 1. The van der Waals surface area contributed by atoms with E-state index in [1.807, 2.05) is 37.8 Å². The maximum Gasteiger partial charge on any atom is 0.410 e. The lowest BCUT2D eigenvalue weighted by Crippen LogP contribution is -2.66. The Labute approximate surface area is 246 Å². The highest BCUT2D eigenvalue weighted by Gasteiger charge is 2.61. The van der Waals surface area contributed by atoms with Crippen LogP contribution in [0.2, 0.25) is 0 Å². The first-order valence-electron chi connectivity index (χ1n) is 14.6. The number of rotatable bonds is 5. The van der Waals surface area contributed by atoms with Gasteiger partial charge in [-0.1, -0.05) is 12.1 Å². The lowest BCUT2D eigenvalue weighted by atomic mass is 9.76. The number of piperidine rings is 1. The number of carbonyl (C=O) groups excluding carboxylic acids is 1. The van der Waals surface area contributed by atoms with Gasteiger partial charge in [-0.15, -0.1) is 0 Å². The van der Waals surface area contributed by atoms with Crippen LogP contribution in [0, 0.1) is 12.8 Å². The Kier molecular flexibility index (Phi) is 6.50. The van der Waals surface area contributed by atoms with Gasteiger partial charge in [0.05, 0.1) is 10.4 Å². The molecular formula is C30H41F2N5O4S. The Morgan fingerprint density at radius 2 is 1.83 bits per heavy atom. The Hall–Kier alpha value is -2.83. The molecule has 3 aliphatic heterocycles. The number of anilines is 2. The maximum atomic E-state index is 15.1. The van der Waals surface area contributed by atoms with Gasteiger partial charge in [-0.05, 0) is 86.0 Å². The predicted molar refractivity (Wildman–Crippen MR) is 158 cm³/mol. The summed E-state index contributed by atoms with van der Waals surface area (Å²) in [5, 5.41) is 0. The van der Waals surface area contributed by atoms with Gasteiger partial charge in [-0.25, -0.2) is 22.9 Å². The number of alkyl halides is 2. The van der Waals surface area contributed by atoms with E-state index in [-0.39, 0.29) is 29.5 Å². The molecule has 2 aromatic rings. The fraction of sp³-hybridized carbons (Fsp3) is 0.600. The van der Waals surface area contributed by atoms with Crippen molar-refractivity contribution in [2.24, 2.45) is 5.92 Å². The fourth-order valence-corrected chi connectivity index (χ4v) is 9.86. The van der Waals surface area contributed by atoms with Gasteiger partial charge in [0, 0.05) is 58.3 Å². The molecule has 230 valence electrons. The Morgan fingerprint density at radius 3 is 2.43 bits per heavy atom. The number of hydrogen-bond acceptors (Lipinski definition) is 5. The molecule has 4 heterocycles. The molecular weight excluding hydrogens is 564 g/mol. The van der Waals surface area contributed by atoms with Crippen LogP contribution in [0.25, 0.3) is 0 Å². The van der Waals surface area contributed by atoms with Gasteiger partial charge in [0.1, 0.15) is 11.3 Å². The Balaban J connectivity index is 1.23. The van der Waals surface area contributed by atoms with Crippen molar-refractivity contribution in [3.8, 4) is 0 Å². The monoisotopic (exact) mass is 605 g/mol. The minimum absolute atomic E-state index is 0.173. The standard InChI is InChI=1S/C30H41F2N5O4S/c1-21-8-9-22(19-35-14-10-29(11-15-35)12-16-36(29)27(38)41-28(2,3)4)17-25(21)42(39,40)34(5)26-24(7-6-13-33-26)37(42)20-23-18-30(23,31)32/h6-9,13,17,23H,10-12,14-16,18-20H2,1-5H3,(H,39,40). The molecule has 1 aromatic heterocycles.